The Morgan fingerprint density at radius 1 is 1.17 bits per heavy atom. The van der Waals surface area contributed by atoms with Crippen LogP contribution in [0.4, 0.5) is 5.69 Å². The highest BCUT2D eigenvalue weighted by atomic mass is 16.5. The van der Waals surface area contributed by atoms with Crippen molar-refractivity contribution < 1.29 is 9.53 Å². The predicted octanol–water partition coefficient (Wildman–Crippen LogP) is 1.88. The van der Waals surface area contributed by atoms with Gasteiger partial charge in [0.1, 0.15) is 0 Å². The van der Waals surface area contributed by atoms with Gasteiger partial charge in [-0.1, -0.05) is 12.1 Å². The van der Waals surface area contributed by atoms with E-state index in [9.17, 15) is 4.79 Å². The summed E-state index contributed by atoms with van der Waals surface area (Å²) in [5.74, 6) is 0.0717. The first-order valence-electron chi connectivity index (χ1n) is 8.89. The van der Waals surface area contributed by atoms with Crippen LogP contribution < -0.4 is 10.6 Å². The van der Waals surface area contributed by atoms with Gasteiger partial charge in [-0.2, -0.15) is 0 Å². The van der Waals surface area contributed by atoms with E-state index in [1.54, 1.807) is 6.08 Å². The number of nitrogens with two attached hydrogens (primary N) is 1. The lowest BCUT2D eigenvalue weighted by Gasteiger charge is -2.34. The zero-order valence-corrected chi connectivity index (χ0v) is 14.2. The fourth-order valence-corrected chi connectivity index (χ4v) is 3.42. The number of hydrogen-bond donors (Lipinski definition) is 1. The number of likely N-dealkylation sites (tertiary alicyclic amines) is 1. The average Bonchev–Trinajstić information content (AvgIpc) is 2.67. The molecule has 1 amide bonds. The highest BCUT2D eigenvalue weighted by molar-refractivity contribution is 5.92. The second-order valence-corrected chi connectivity index (χ2v) is 6.44. The van der Waals surface area contributed by atoms with E-state index < -0.39 is 0 Å². The molecule has 0 spiro atoms. The van der Waals surface area contributed by atoms with Gasteiger partial charge in [-0.25, -0.2) is 0 Å². The Morgan fingerprint density at radius 3 is 2.62 bits per heavy atom. The topological polar surface area (TPSA) is 58.8 Å². The van der Waals surface area contributed by atoms with E-state index in [0.717, 1.165) is 51.3 Å². The van der Waals surface area contributed by atoms with E-state index in [0.29, 0.717) is 6.54 Å². The normalized spacial score (nSPS) is 22.1. The van der Waals surface area contributed by atoms with Crippen LogP contribution in [0.1, 0.15) is 24.8 Å². The lowest BCUT2D eigenvalue weighted by Crippen LogP contribution is -2.46. The fourth-order valence-electron chi connectivity index (χ4n) is 3.42. The van der Waals surface area contributed by atoms with Gasteiger partial charge in [0.05, 0.1) is 13.2 Å². The second-order valence-electron chi connectivity index (χ2n) is 6.44. The maximum absolute atomic E-state index is 12.4. The molecule has 5 nitrogen and oxygen atoms in total. The van der Waals surface area contributed by atoms with Crippen LogP contribution in [-0.4, -0.2) is 56.2 Å². The molecule has 5 heteroatoms. The van der Waals surface area contributed by atoms with Gasteiger partial charge < -0.3 is 20.3 Å². The van der Waals surface area contributed by atoms with E-state index in [1.165, 1.54) is 12.1 Å². The van der Waals surface area contributed by atoms with Crippen molar-refractivity contribution in [1.29, 1.82) is 0 Å². The molecule has 0 saturated carbocycles. The number of ether oxygens (including phenoxy) is 1. The Kier molecular flexibility index (Phi) is 5.88. The number of hydrogen-bond acceptors (Lipinski definition) is 4. The molecule has 2 aliphatic heterocycles. The van der Waals surface area contributed by atoms with Crippen LogP contribution in [0.2, 0.25) is 0 Å². The van der Waals surface area contributed by atoms with Crippen molar-refractivity contribution in [1.82, 2.24) is 4.90 Å². The first-order chi connectivity index (χ1) is 11.8. The minimum absolute atomic E-state index is 0.0717. The molecule has 2 N–H and O–H groups in total. The van der Waals surface area contributed by atoms with Gasteiger partial charge in [-0.05, 0) is 43.0 Å². The number of piperidine rings is 1. The number of benzene rings is 1. The molecule has 130 valence electrons. The standard InChI is InChI=1S/C19H27N3O2/c20-15-18-3-1-2-10-22(18)19(23)9-6-16-4-7-17(8-5-16)21-11-13-24-14-12-21/h4-9,18H,1-3,10-15,20H2/b9-6+. The summed E-state index contributed by atoms with van der Waals surface area (Å²) >= 11 is 0. The minimum Gasteiger partial charge on any atom is -0.378 e. The molecule has 1 aromatic carbocycles. The summed E-state index contributed by atoms with van der Waals surface area (Å²) in [6.07, 6.45) is 6.83. The molecular formula is C19H27N3O2. The molecule has 0 aliphatic carbocycles. The van der Waals surface area contributed by atoms with Crippen molar-refractivity contribution in [2.75, 3.05) is 44.3 Å². The molecule has 3 rings (SSSR count). The predicted molar refractivity (Wildman–Crippen MR) is 96.9 cm³/mol. The Balaban J connectivity index is 1.60. The quantitative estimate of drug-likeness (QED) is 0.857. The van der Waals surface area contributed by atoms with Crippen LogP contribution >= 0.6 is 0 Å². The number of rotatable bonds is 4. The number of nitrogens with zero attached hydrogens (tertiary/aromatic N) is 2. The Labute approximate surface area is 144 Å². The smallest absolute Gasteiger partial charge is 0.246 e. The highest BCUT2D eigenvalue weighted by Gasteiger charge is 2.23. The van der Waals surface area contributed by atoms with Crippen LogP contribution in [0.15, 0.2) is 30.3 Å². The van der Waals surface area contributed by atoms with Gasteiger partial charge in [0.25, 0.3) is 0 Å². The van der Waals surface area contributed by atoms with Crippen molar-refractivity contribution in [3.8, 4) is 0 Å². The third-order valence-corrected chi connectivity index (χ3v) is 4.87. The van der Waals surface area contributed by atoms with Crippen molar-refractivity contribution in [2.45, 2.75) is 25.3 Å². The lowest BCUT2D eigenvalue weighted by molar-refractivity contribution is -0.129. The molecule has 2 saturated heterocycles. The van der Waals surface area contributed by atoms with Crippen LogP contribution in [0.25, 0.3) is 6.08 Å². The third kappa shape index (κ3) is 4.16. The molecule has 1 unspecified atom stereocenters. The van der Waals surface area contributed by atoms with Gasteiger partial charge in [-0.3, -0.25) is 4.79 Å². The summed E-state index contributed by atoms with van der Waals surface area (Å²) in [5, 5.41) is 0. The van der Waals surface area contributed by atoms with E-state index >= 15 is 0 Å². The zero-order chi connectivity index (χ0) is 16.8. The average molecular weight is 329 g/mol. The number of carbonyl (C=O) groups excluding carboxylic acids is 1. The fraction of sp³-hybridized carbons (Fsp3) is 0.526. The monoisotopic (exact) mass is 329 g/mol. The van der Waals surface area contributed by atoms with Crippen LogP contribution in [-0.2, 0) is 9.53 Å². The molecule has 2 fully saturated rings. The molecular weight excluding hydrogens is 302 g/mol. The van der Waals surface area contributed by atoms with Gasteiger partial charge in [0.2, 0.25) is 5.91 Å². The summed E-state index contributed by atoms with van der Waals surface area (Å²) in [6.45, 7) is 4.81. The van der Waals surface area contributed by atoms with Crippen molar-refractivity contribution in [2.24, 2.45) is 5.73 Å². The third-order valence-electron chi connectivity index (χ3n) is 4.87. The van der Waals surface area contributed by atoms with E-state index in [1.807, 2.05) is 11.0 Å². The largest absolute Gasteiger partial charge is 0.378 e. The molecule has 0 radical (unpaired) electrons. The number of amides is 1. The molecule has 1 aromatic rings. The molecule has 0 bridgehead atoms. The lowest BCUT2D eigenvalue weighted by atomic mass is 10.0. The Bertz CT molecular complexity index is 564. The minimum atomic E-state index is 0.0717. The zero-order valence-electron chi connectivity index (χ0n) is 14.2. The van der Waals surface area contributed by atoms with Crippen LogP contribution in [0.5, 0.6) is 0 Å². The maximum Gasteiger partial charge on any atom is 0.246 e. The van der Waals surface area contributed by atoms with Crippen molar-refractivity contribution >= 4 is 17.7 Å². The first-order valence-corrected chi connectivity index (χ1v) is 8.89. The highest BCUT2D eigenvalue weighted by Crippen LogP contribution is 2.19. The Hall–Kier alpha value is -1.85. The van der Waals surface area contributed by atoms with Crippen molar-refractivity contribution in [3.63, 3.8) is 0 Å². The van der Waals surface area contributed by atoms with Gasteiger partial charge >= 0.3 is 0 Å². The summed E-state index contributed by atoms with van der Waals surface area (Å²) in [4.78, 5) is 16.7. The Morgan fingerprint density at radius 2 is 1.92 bits per heavy atom. The molecule has 2 aliphatic rings. The maximum atomic E-state index is 12.4. The summed E-state index contributed by atoms with van der Waals surface area (Å²) in [6, 6.07) is 8.54. The SMILES string of the molecule is NCC1CCCCN1C(=O)/C=C/c1ccc(N2CCOCC2)cc1. The summed E-state index contributed by atoms with van der Waals surface area (Å²) in [5.41, 5.74) is 8.05. The number of anilines is 1. The first kappa shape index (κ1) is 17.0. The number of carbonyl (C=O) groups is 1. The summed E-state index contributed by atoms with van der Waals surface area (Å²) in [7, 11) is 0. The molecule has 24 heavy (non-hydrogen) atoms. The van der Waals surface area contributed by atoms with Gasteiger partial charge in [0, 0.05) is 44.0 Å². The van der Waals surface area contributed by atoms with Gasteiger partial charge in [-0.15, -0.1) is 0 Å². The van der Waals surface area contributed by atoms with E-state index in [-0.39, 0.29) is 11.9 Å². The number of morpholine rings is 1. The van der Waals surface area contributed by atoms with E-state index in [4.69, 9.17) is 10.5 Å². The van der Waals surface area contributed by atoms with Crippen LogP contribution in [0.3, 0.4) is 0 Å². The van der Waals surface area contributed by atoms with Crippen molar-refractivity contribution in [3.05, 3.63) is 35.9 Å². The molecule has 2 heterocycles. The molecule has 0 aromatic heterocycles. The second kappa shape index (κ2) is 8.31. The van der Waals surface area contributed by atoms with Gasteiger partial charge in [0.15, 0.2) is 0 Å². The molecule has 1 atom stereocenters. The van der Waals surface area contributed by atoms with Crippen LogP contribution in [0, 0.1) is 0 Å². The summed E-state index contributed by atoms with van der Waals surface area (Å²) < 4.78 is 5.38. The van der Waals surface area contributed by atoms with E-state index in [2.05, 4.69) is 29.2 Å².